The van der Waals surface area contributed by atoms with E-state index in [1.165, 1.54) is 6.26 Å². The molecule has 0 aliphatic carbocycles. The fourth-order valence-corrected chi connectivity index (χ4v) is 1.68. The lowest BCUT2D eigenvalue weighted by molar-refractivity contribution is -0.140. The lowest BCUT2D eigenvalue weighted by Gasteiger charge is -2.11. The zero-order chi connectivity index (χ0) is 13.0. The fourth-order valence-electron chi connectivity index (χ4n) is 1.50. The van der Waals surface area contributed by atoms with E-state index < -0.39 is 11.9 Å². The third kappa shape index (κ3) is 3.05. The van der Waals surface area contributed by atoms with Gasteiger partial charge < -0.3 is 14.3 Å². The molecule has 0 spiro atoms. The zero-order valence-electron chi connectivity index (χ0n) is 9.38. The van der Waals surface area contributed by atoms with Crippen molar-refractivity contribution in [3.05, 3.63) is 53.4 Å². The van der Waals surface area contributed by atoms with E-state index >= 15 is 0 Å². The van der Waals surface area contributed by atoms with E-state index in [0.29, 0.717) is 16.5 Å². The number of hydrogen-bond acceptors (Lipinski definition) is 3. The molecule has 2 rings (SSSR count). The van der Waals surface area contributed by atoms with Gasteiger partial charge in [0.15, 0.2) is 0 Å². The molecule has 1 N–H and O–H groups in total. The van der Waals surface area contributed by atoms with E-state index in [1.807, 2.05) is 0 Å². The van der Waals surface area contributed by atoms with Crippen LogP contribution in [0.2, 0.25) is 5.02 Å². The number of carbonyl (C=O) groups is 1. The van der Waals surface area contributed by atoms with E-state index in [1.54, 1.807) is 36.4 Å². The SMILES string of the molecule is O=C(O)C(COc1cccc(Cl)c1)c1ccco1. The van der Waals surface area contributed by atoms with Crippen LogP contribution in [0.25, 0.3) is 0 Å². The summed E-state index contributed by atoms with van der Waals surface area (Å²) >= 11 is 5.81. The number of aliphatic carboxylic acids is 1. The number of hydrogen-bond donors (Lipinski definition) is 1. The van der Waals surface area contributed by atoms with Crippen LogP contribution in [-0.2, 0) is 4.79 Å². The monoisotopic (exact) mass is 266 g/mol. The van der Waals surface area contributed by atoms with Crippen molar-refractivity contribution in [3.63, 3.8) is 0 Å². The van der Waals surface area contributed by atoms with Gasteiger partial charge in [-0.2, -0.15) is 0 Å². The topological polar surface area (TPSA) is 59.7 Å². The Kier molecular flexibility index (Phi) is 3.89. The van der Waals surface area contributed by atoms with Crippen LogP contribution < -0.4 is 4.74 Å². The Balaban J connectivity index is 2.05. The molecule has 2 aromatic rings. The van der Waals surface area contributed by atoms with Crippen molar-refractivity contribution in [1.82, 2.24) is 0 Å². The highest BCUT2D eigenvalue weighted by Crippen LogP contribution is 2.21. The zero-order valence-corrected chi connectivity index (χ0v) is 10.1. The van der Waals surface area contributed by atoms with Crippen molar-refractivity contribution in [2.75, 3.05) is 6.61 Å². The highest BCUT2D eigenvalue weighted by Gasteiger charge is 2.23. The Hall–Kier alpha value is -1.94. The molecule has 1 aromatic heterocycles. The van der Waals surface area contributed by atoms with Crippen LogP contribution >= 0.6 is 11.6 Å². The average molecular weight is 267 g/mol. The maximum Gasteiger partial charge on any atom is 0.317 e. The van der Waals surface area contributed by atoms with Crippen LogP contribution in [0.15, 0.2) is 47.1 Å². The van der Waals surface area contributed by atoms with Crippen LogP contribution in [-0.4, -0.2) is 17.7 Å². The first-order chi connectivity index (χ1) is 8.66. The fraction of sp³-hybridized carbons (Fsp3) is 0.154. The first kappa shape index (κ1) is 12.5. The Labute approximate surface area is 109 Å². The number of furan rings is 1. The van der Waals surface area contributed by atoms with Gasteiger partial charge >= 0.3 is 5.97 Å². The number of rotatable bonds is 5. The minimum Gasteiger partial charge on any atom is -0.492 e. The summed E-state index contributed by atoms with van der Waals surface area (Å²) < 4.78 is 10.5. The van der Waals surface area contributed by atoms with Gasteiger partial charge in [0.05, 0.1) is 6.26 Å². The average Bonchev–Trinajstić information content (AvgIpc) is 2.82. The summed E-state index contributed by atoms with van der Waals surface area (Å²) in [6, 6.07) is 10.1. The Morgan fingerprint density at radius 2 is 2.22 bits per heavy atom. The minimum absolute atomic E-state index is 0.0107. The second kappa shape index (κ2) is 5.60. The minimum atomic E-state index is -0.994. The molecule has 1 atom stereocenters. The van der Waals surface area contributed by atoms with E-state index in [0.717, 1.165) is 0 Å². The van der Waals surface area contributed by atoms with Gasteiger partial charge in [0.1, 0.15) is 24.0 Å². The maximum atomic E-state index is 11.1. The number of carboxylic acids is 1. The summed E-state index contributed by atoms with van der Waals surface area (Å²) in [6.45, 7) is -0.0107. The number of carboxylic acid groups (broad SMARTS) is 1. The van der Waals surface area contributed by atoms with Gasteiger partial charge in [-0.1, -0.05) is 17.7 Å². The lowest BCUT2D eigenvalue weighted by atomic mass is 10.1. The third-order valence-corrected chi connectivity index (χ3v) is 2.63. The molecule has 0 aliphatic heterocycles. The summed E-state index contributed by atoms with van der Waals surface area (Å²) in [6.07, 6.45) is 1.44. The number of benzene rings is 1. The quantitative estimate of drug-likeness (QED) is 0.903. The summed E-state index contributed by atoms with van der Waals surface area (Å²) in [4.78, 5) is 11.1. The molecule has 5 heteroatoms. The summed E-state index contributed by atoms with van der Waals surface area (Å²) in [5, 5.41) is 9.65. The molecule has 0 radical (unpaired) electrons. The van der Waals surface area contributed by atoms with E-state index in [2.05, 4.69) is 0 Å². The molecule has 1 heterocycles. The summed E-state index contributed by atoms with van der Waals surface area (Å²) in [5.41, 5.74) is 0. The maximum absolute atomic E-state index is 11.1. The molecule has 1 aromatic carbocycles. The van der Waals surface area contributed by atoms with Gasteiger partial charge in [-0.15, -0.1) is 0 Å². The van der Waals surface area contributed by atoms with Crippen molar-refractivity contribution in [1.29, 1.82) is 0 Å². The second-order valence-corrected chi connectivity index (χ2v) is 4.11. The van der Waals surface area contributed by atoms with Gasteiger partial charge in [0.25, 0.3) is 0 Å². The summed E-state index contributed by atoms with van der Waals surface area (Å²) in [5.74, 6) is -0.934. The Bertz CT molecular complexity index is 522. The Morgan fingerprint density at radius 1 is 1.39 bits per heavy atom. The van der Waals surface area contributed by atoms with Gasteiger partial charge in [0, 0.05) is 5.02 Å². The van der Waals surface area contributed by atoms with Crippen LogP contribution in [0, 0.1) is 0 Å². The van der Waals surface area contributed by atoms with Crippen LogP contribution in [0.3, 0.4) is 0 Å². The molecule has 0 saturated heterocycles. The second-order valence-electron chi connectivity index (χ2n) is 3.67. The molecule has 0 aliphatic rings. The molecule has 18 heavy (non-hydrogen) atoms. The first-order valence-corrected chi connectivity index (χ1v) is 5.69. The van der Waals surface area contributed by atoms with Crippen LogP contribution in [0.5, 0.6) is 5.75 Å². The van der Waals surface area contributed by atoms with Crippen molar-refractivity contribution >= 4 is 17.6 Å². The van der Waals surface area contributed by atoms with E-state index in [4.69, 9.17) is 25.9 Å². The molecule has 0 bridgehead atoms. The molecule has 0 saturated carbocycles. The van der Waals surface area contributed by atoms with Gasteiger partial charge in [0.2, 0.25) is 0 Å². The normalized spacial score (nSPS) is 12.1. The highest BCUT2D eigenvalue weighted by atomic mass is 35.5. The van der Waals surface area contributed by atoms with Gasteiger partial charge in [-0.25, -0.2) is 0 Å². The highest BCUT2D eigenvalue weighted by molar-refractivity contribution is 6.30. The van der Waals surface area contributed by atoms with Gasteiger partial charge in [-0.3, -0.25) is 4.79 Å². The van der Waals surface area contributed by atoms with Crippen LogP contribution in [0.4, 0.5) is 0 Å². The third-order valence-electron chi connectivity index (χ3n) is 2.40. The molecule has 94 valence electrons. The summed E-state index contributed by atoms with van der Waals surface area (Å²) in [7, 11) is 0. The van der Waals surface area contributed by atoms with E-state index in [9.17, 15) is 4.79 Å². The van der Waals surface area contributed by atoms with Crippen molar-refractivity contribution in [2.45, 2.75) is 5.92 Å². The first-order valence-electron chi connectivity index (χ1n) is 5.31. The predicted molar refractivity (Wildman–Crippen MR) is 66.0 cm³/mol. The number of ether oxygens (including phenoxy) is 1. The Morgan fingerprint density at radius 3 is 2.83 bits per heavy atom. The molecule has 0 fully saturated rings. The van der Waals surface area contributed by atoms with Crippen molar-refractivity contribution < 1.29 is 19.1 Å². The molecule has 1 unspecified atom stereocenters. The standard InChI is InChI=1S/C13H11ClO4/c14-9-3-1-4-10(7-9)18-8-11(13(15)16)12-5-2-6-17-12/h1-7,11H,8H2,(H,15,16). The lowest BCUT2D eigenvalue weighted by Crippen LogP contribution is -2.18. The molecular formula is C13H11ClO4. The molecule has 0 amide bonds. The smallest absolute Gasteiger partial charge is 0.317 e. The van der Waals surface area contributed by atoms with Crippen LogP contribution in [0.1, 0.15) is 11.7 Å². The predicted octanol–water partition coefficient (Wildman–Crippen LogP) is 3.18. The van der Waals surface area contributed by atoms with Crippen molar-refractivity contribution in [2.24, 2.45) is 0 Å². The van der Waals surface area contributed by atoms with Gasteiger partial charge in [-0.05, 0) is 30.3 Å². The van der Waals surface area contributed by atoms with Crippen molar-refractivity contribution in [3.8, 4) is 5.75 Å². The molecule has 4 nitrogen and oxygen atoms in total. The van der Waals surface area contributed by atoms with E-state index in [-0.39, 0.29) is 6.61 Å². The largest absolute Gasteiger partial charge is 0.492 e. The number of halogens is 1. The molecular weight excluding hydrogens is 256 g/mol.